The second kappa shape index (κ2) is 6.86. The van der Waals surface area contributed by atoms with Crippen LogP contribution >= 0.6 is 0 Å². The van der Waals surface area contributed by atoms with Gasteiger partial charge in [-0.05, 0) is 25.7 Å². The second-order valence-electron chi connectivity index (χ2n) is 5.51. The average molecular weight is 269 g/mol. The van der Waals surface area contributed by atoms with Crippen molar-refractivity contribution >= 4 is 11.9 Å². The highest BCUT2D eigenvalue weighted by atomic mass is 16.4. The molecule has 2 heterocycles. The van der Waals surface area contributed by atoms with Crippen LogP contribution in [0.25, 0.3) is 0 Å². The molecular formula is C13H23N3O3. The smallest absolute Gasteiger partial charge is 0.303 e. The van der Waals surface area contributed by atoms with E-state index in [-0.39, 0.29) is 12.3 Å². The van der Waals surface area contributed by atoms with E-state index in [9.17, 15) is 9.59 Å². The van der Waals surface area contributed by atoms with Gasteiger partial charge < -0.3 is 15.7 Å². The van der Waals surface area contributed by atoms with Crippen LogP contribution in [-0.4, -0.2) is 60.1 Å². The van der Waals surface area contributed by atoms with Gasteiger partial charge in [0.2, 0.25) is 5.91 Å². The van der Waals surface area contributed by atoms with Gasteiger partial charge in [0, 0.05) is 38.1 Å². The molecule has 19 heavy (non-hydrogen) atoms. The summed E-state index contributed by atoms with van der Waals surface area (Å²) in [4.78, 5) is 24.3. The fourth-order valence-corrected chi connectivity index (χ4v) is 2.89. The molecule has 2 atom stereocenters. The summed E-state index contributed by atoms with van der Waals surface area (Å²) in [6, 6.07) is 1.17. The van der Waals surface area contributed by atoms with Crippen molar-refractivity contribution in [2.45, 2.75) is 44.2 Å². The number of hydrogen-bond donors (Lipinski definition) is 3. The summed E-state index contributed by atoms with van der Waals surface area (Å²) in [7, 11) is 0. The molecule has 6 heteroatoms. The van der Waals surface area contributed by atoms with Gasteiger partial charge in [0.25, 0.3) is 0 Å². The van der Waals surface area contributed by atoms with Crippen LogP contribution < -0.4 is 10.6 Å². The normalized spacial score (nSPS) is 26.9. The maximum atomic E-state index is 11.8. The number of carbonyl (C=O) groups excluding carboxylic acids is 1. The van der Waals surface area contributed by atoms with Gasteiger partial charge in [-0.15, -0.1) is 0 Å². The molecule has 0 spiro atoms. The van der Waals surface area contributed by atoms with Crippen LogP contribution in [0.1, 0.15) is 32.1 Å². The number of likely N-dealkylation sites (tertiary alicyclic amines) is 1. The first kappa shape index (κ1) is 14.3. The molecule has 0 saturated carbocycles. The lowest BCUT2D eigenvalue weighted by molar-refractivity contribution is -0.137. The SMILES string of the molecule is O=C(O)CCCNC(=O)CN1CCC2CCC(C1)N2. The largest absolute Gasteiger partial charge is 0.481 e. The first-order valence-electron chi connectivity index (χ1n) is 7.10. The number of carboxylic acid groups (broad SMARTS) is 1. The quantitative estimate of drug-likeness (QED) is 0.582. The van der Waals surface area contributed by atoms with Crippen molar-refractivity contribution in [3.63, 3.8) is 0 Å². The molecule has 6 nitrogen and oxygen atoms in total. The van der Waals surface area contributed by atoms with E-state index < -0.39 is 5.97 Å². The molecule has 2 unspecified atom stereocenters. The molecule has 108 valence electrons. The van der Waals surface area contributed by atoms with Gasteiger partial charge in [-0.3, -0.25) is 14.5 Å². The molecule has 2 saturated heterocycles. The fourth-order valence-electron chi connectivity index (χ4n) is 2.89. The van der Waals surface area contributed by atoms with E-state index in [0.29, 0.717) is 31.6 Å². The van der Waals surface area contributed by atoms with Gasteiger partial charge in [-0.25, -0.2) is 0 Å². The fraction of sp³-hybridized carbons (Fsp3) is 0.846. The molecular weight excluding hydrogens is 246 g/mol. The summed E-state index contributed by atoms with van der Waals surface area (Å²) in [6.07, 6.45) is 4.19. The number of rotatable bonds is 6. The molecule has 2 bridgehead atoms. The first-order valence-corrected chi connectivity index (χ1v) is 7.10. The van der Waals surface area contributed by atoms with Crippen molar-refractivity contribution in [1.82, 2.24) is 15.5 Å². The lowest BCUT2D eigenvalue weighted by Crippen LogP contribution is -2.42. The summed E-state index contributed by atoms with van der Waals surface area (Å²) >= 11 is 0. The minimum Gasteiger partial charge on any atom is -0.481 e. The standard InChI is InChI=1S/C13H23N3O3/c17-12(14-6-1-2-13(18)19)9-16-7-5-10-3-4-11(8-16)15-10/h10-11,15H,1-9H2,(H,14,17)(H,18,19). The predicted octanol–water partition coefficient (Wildman–Crippen LogP) is -0.206. The highest BCUT2D eigenvalue weighted by Gasteiger charge is 2.29. The van der Waals surface area contributed by atoms with Crippen LogP contribution in [0.5, 0.6) is 0 Å². The number of hydrogen-bond acceptors (Lipinski definition) is 4. The lowest BCUT2D eigenvalue weighted by atomic mass is 10.1. The van der Waals surface area contributed by atoms with Crippen molar-refractivity contribution in [2.24, 2.45) is 0 Å². The Kier molecular flexibility index (Phi) is 5.15. The molecule has 0 aliphatic carbocycles. The minimum absolute atomic E-state index is 0.00293. The second-order valence-corrected chi connectivity index (χ2v) is 5.51. The van der Waals surface area contributed by atoms with Crippen LogP contribution in [0.15, 0.2) is 0 Å². The van der Waals surface area contributed by atoms with Crippen LogP contribution in [0, 0.1) is 0 Å². The molecule has 0 aromatic heterocycles. The molecule has 0 radical (unpaired) electrons. The zero-order valence-corrected chi connectivity index (χ0v) is 11.2. The third-order valence-corrected chi connectivity index (χ3v) is 3.86. The minimum atomic E-state index is -0.816. The Morgan fingerprint density at radius 1 is 1.26 bits per heavy atom. The highest BCUT2D eigenvalue weighted by Crippen LogP contribution is 2.19. The third kappa shape index (κ3) is 4.80. The summed E-state index contributed by atoms with van der Waals surface area (Å²) in [6.45, 7) is 2.79. The summed E-state index contributed by atoms with van der Waals surface area (Å²) < 4.78 is 0. The van der Waals surface area contributed by atoms with Gasteiger partial charge >= 0.3 is 5.97 Å². The zero-order chi connectivity index (χ0) is 13.7. The summed E-state index contributed by atoms with van der Waals surface area (Å²) in [5, 5.41) is 14.9. The summed E-state index contributed by atoms with van der Waals surface area (Å²) in [5.74, 6) is -0.813. The third-order valence-electron chi connectivity index (χ3n) is 3.86. The van der Waals surface area contributed by atoms with Crippen LogP contribution in [0.3, 0.4) is 0 Å². The monoisotopic (exact) mass is 269 g/mol. The Morgan fingerprint density at radius 2 is 2.05 bits per heavy atom. The molecule has 1 amide bonds. The maximum Gasteiger partial charge on any atom is 0.303 e. The van der Waals surface area contributed by atoms with Crippen molar-refractivity contribution in [3.8, 4) is 0 Å². The Morgan fingerprint density at radius 3 is 2.84 bits per heavy atom. The summed E-state index contributed by atoms with van der Waals surface area (Å²) in [5.41, 5.74) is 0. The van der Waals surface area contributed by atoms with E-state index in [1.54, 1.807) is 0 Å². The van der Waals surface area contributed by atoms with Crippen molar-refractivity contribution in [3.05, 3.63) is 0 Å². The van der Waals surface area contributed by atoms with Crippen LogP contribution in [-0.2, 0) is 9.59 Å². The number of nitrogens with one attached hydrogen (secondary N) is 2. The number of aliphatic carboxylic acids is 1. The molecule has 3 N–H and O–H groups in total. The number of fused-ring (bicyclic) bond motifs is 2. The number of carbonyl (C=O) groups is 2. The van der Waals surface area contributed by atoms with E-state index in [1.807, 2.05) is 0 Å². The topological polar surface area (TPSA) is 81.7 Å². The molecule has 0 aromatic carbocycles. The zero-order valence-electron chi connectivity index (χ0n) is 11.2. The van der Waals surface area contributed by atoms with Gasteiger partial charge in [-0.2, -0.15) is 0 Å². The highest BCUT2D eigenvalue weighted by molar-refractivity contribution is 5.78. The molecule has 2 rings (SSSR count). The van der Waals surface area contributed by atoms with Crippen molar-refractivity contribution in [1.29, 1.82) is 0 Å². The van der Waals surface area contributed by atoms with E-state index in [2.05, 4.69) is 15.5 Å². The Bertz CT molecular complexity index is 335. The van der Waals surface area contributed by atoms with E-state index in [1.165, 1.54) is 12.8 Å². The van der Waals surface area contributed by atoms with E-state index in [4.69, 9.17) is 5.11 Å². The van der Waals surface area contributed by atoms with Crippen LogP contribution in [0.2, 0.25) is 0 Å². The predicted molar refractivity (Wildman–Crippen MR) is 70.9 cm³/mol. The first-order chi connectivity index (χ1) is 9.13. The van der Waals surface area contributed by atoms with Crippen LogP contribution in [0.4, 0.5) is 0 Å². The van der Waals surface area contributed by atoms with Gasteiger partial charge in [0.1, 0.15) is 0 Å². The van der Waals surface area contributed by atoms with Crippen molar-refractivity contribution in [2.75, 3.05) is 26.2 Å². The van der Waals surface area contributed by atoms with Gasteiger partial charge in [0.15, 0.2) is 0 Å². The molecule has 0 aromatic rings. The van der Waals surface area contributed by atoms with Gasteiger partial charge in [-0.1, -0.05) is 0 Å². The number of nitrogens with zero attached hydrogens (tertiary/aromatic N) is 1. The van der Waals surface area contributed by atoms with Crippen molar-refractivity contribution < 1.29 is 14.7 Å². The van der Waals surface area contributed by atoms with E-state index in [0.717, 1.165) is 19.5 Å². The Hall–Kier alpha value is -1.14. The Labute approximate surface area is 113 Å². The maximum absolute atomic E-state index is 11.8. The number of amides is 1. The average Bonchev–Trinajstić information content (AvgIpc) is 2.68. The molecule has 2 aliphatic heterocycles. The number of carboxylic acids is 1. The van der Waals surface area contributed by atoms with Gasteiger partial charge in [0.05, 0.1) is 6.54 Å². The lowest BCUT2D eigenvalue weighted by Gasteiger charge is -2.23. The molecule has 2 fully saturated rings. The molecule has 2 aliphatic rings. The Balaban J connectivity index is 1.63. The van der Waals surface area contributed by atoms with E-state index >= 15 is 0 Å².